The van der Waals surface area contributed by atoms with E-state index in [0.717, 1.165) is 40.9 Å². The van der Waals surface area contributed by atoms with Crippen molar-refractivity contribution >= 4 is 34.3 Å². The van der Waals surface area contributed by atoms with Crippen molar-refractivity contribution in [2.24, 2.45) is 5.92 Å². The molecule has 2 N–H and O–H groups in total. The summed E-state index contributed by atoms with van der Waals surface area (Å²) in [5, 5.41) is 7.53. The molecule has 1 aliphatic heterocycles. The summed E-state index contributed by atoms with van der Waals surface area (Å²) in [6.45, 7) is 3.31. The fourth-order valence-electron chi connectivity index (χ4n) is 4.50. The fourth-order valence-corrected chi connectivity index (χ4v) is 5.61. The van der Waals surface area contributed by atoms with Gasteiger partial charge in [-0.3, -0.25) is 9.78 Å². The third kappa shape index (κ3) is 6.14. The van der Waals surface area contributed by atoms with Crippen molar-refractivity contribution in [3.63, 3.8) is 0 Å². The van der Waals surface area contributed by atoms with Crippen LogP contribution in [0, 0.1) is 18.7 Å². The highest BCUT2D eigenvalue weighted by Crippen LogP contribution is 2.32. The molecule has 1 aliphatic carbocycles. The summed E-state index contributed by atoms with van der Waals surface area (Å²) in [5.74, 6) is 2.59. The predicted octanol–water partition coefficient (Wildman–Crippen LogP) is 6.10. The second-order valence-corrected chi connectivity index (χ2v) is 10.8. The number of ether oxygens (including phenoxy) is 1. The summed E-state index contributed by atoms with van der Waals surface area (Å²) in [5.41, 5.74) is 3.47. The number of hydrogen-bond donors (Lipinski definition) is 2. The van der Waals surface area contributed by atoms with E-state index >= 15 is 0 Å². The average molecular weight is 494 g/mol. The van der Waals surface area contributed by atoms with Gasteiger partial charge in [-0.2, -0.15) is 11.8 Å². The number of benzene rings is 2. The van der Waals surface area contributed by atoms with Crippen LogP contribution in [0.25, 0.3) is 10.9 Å². The molecule has 0 spiro atoms. The number of amides is 1. The molecule has 184 valence electrons. The normalized spacial score (nSPS) is 16.4. The van der Waals surface area contributed by atoms with Crippen LogP contribution in [0.4, 0.5) is 10.1 Å². The molecule has 35 heavy (non-hydrogen) atoms. The van der Waals surface area contributed by atoms with Crippen molar-refractivity contribution in [2.75, 3.05) is 23.4 Å². The van der Waals surface area contributed by atoms with E-state index < -0.39 is 11.7 Å². The van der Waals surface area contributed by atoms with Crippen LogP contribution in [-0.2, 0) is 6.54 Å². The van der Waals surface area contributed by atoms with Gasteiger partial charge in [-0.05, 0) is 79.0 Å². The van der Waals surface area contributed by atoms with E-state index in [0.29, 0.717) is 24.1 Å². The maximum absolute atomic E-state index is 14.6. The number of halogens is 1. The number of carbonyl (C=O) groups excluding carboxylic acids is 1. The average Bonchev–Trinajstić information content (AvgIpc) is 3.69. The molecule has 1 saturated heterocycles. The Kier molecular flexibility index (Phi) is 7.54. The van der Waals surface area contributed by atoms with Crippen molar-refractivity contribution in [1.29, 1.82) is 0 Å². The van der Waals surface area contributed by atoms with Gasteiger partial charge in [-0.15, -0.1) is 0 Å². The second-order valence-electron chi connectivity index (χ2n) is 9.60. The first-order valence-corrected chi connectivity index (χ1v) is 13.7. The van der Waals surface area contributed by atoms with E-state index in [1.165, 1.54) is 49.3 Å². The topological polar surface area (TPSA) is 63.2 Å². The Balaban J connectivity index is 1.23. The van der Waals surface area contributed by atoms with Crippen LogP contribution in [0.2, 0.25) is 0 Å². The highest BCUT2D eigenvalue weighted by molar-refractivity contribution is 7.99. The van der Waals surface area contributed by atoms with E-state index in [1.54, 1.807) is 6.07 Å². The van der Waals surface area contributed by atoms with Crippen LogP contribution >= 0.6 is 11.8 Å². The molecule has 0 bridgehead atoms. The molecule has 2 aromatic carbocycles. The van der Waals surface area contributed by atoms with Gasteiger partial charge >= 0.3 is 0 Å². The fraction of sp³-hybridized carbons (Fsp3) is 0.429. The molecule has 5 nitrogen and oxygen atoms in total. The van der Waals surface area contributed by atoms with Crippen molar-refractivity contribution in [1.82, 2.24) is 10.3 Å². The Labute approximate surface area is 210 Å². The lowest BCUT2D eigenvalue weighted by Gasteiger charge is -2.22. The zero-order chi connectivity index (χ0) is 24.2. The van der Waals surface area contributed by atoms with Gasteiger partial charge in [0.15, 0.2) is 0 Å². The number of aryl methyl sites for hydroxylation is 1. The standard InChI is InChI=1S/C28H32FN3O2S/c1-18-26(32-28(33)24-6-5-23(15-25(24)29)34-11-8-19-2-3-19)7-4-21-14-20(17-31-27(18)21)16-30-22-9-12-35-13-10-22/h4-7,14-15,17,19,22,30H,2-3,8-13,16H2,1H3,(H,32,33). The summed E-state index contributed by atoms with van der Waals surface area (Å²) in [7, 11) is 0. The van der Waals surface area contributed by atoms with Crippen LogP contribution in [0.5, 0.6) is 5.75 Å². The summed E-state index contributed by atoms with van der Waals surface area (Å²) < 4.78 is 20.3. The largest absolute Gasteiger partial charge is 0.493 e. The van der Waals surface area contributed by atoms with Gasteiger partial charge in [-0.1, -0.05) is 18.9 Å². The molecular formula is C28H32FN3O2S. The lowest BCUT2D eigenvalue weighted by Crippen LogP contribution is -2.32. The Bertz CT molecular complexity index is 1210. The number of anilines is 1. The first-order valence-electron chi connectivity index (χ1n) is 12.5. The molecule has 1 amide bonds. The number of hydrogen-bond acceptors (Lipinski definition) is 5. The zero-order valence-electron chi connectivity index (χ0n) is 20.1. The van der Waals surface area contributed by atoms with Gasteiger partial charge in [-0.25, -0.2) is 4.39 Å². The number of pyridine rings is 1. The molecule has 2 heterocycles. The Hall–Kier alpha value is -2.64. The molecule has 7 heteroatoms. The van der Waals surface area contributed by atoms with Gasteiger partial charge in [0.05, 0.1) is 17.7 Å². The molecule has 2 fully saturated rings. The van der Waals surface area contributed by atoms with Crippen molar-refractivity contribution in [3.05, 3.63) is 65.1 Å². The van der Waals surface area contributed by atoms with Gasteiger partial charge in [0.2, 0.25) is 0 Å². The molecule has 1 aromatic heterocycles. The SMILES string of the molecule is Cc1c(NC(=O)c2ccc(OCCC3CC3)cc2F)ccc2cc(CNC3CCSCC3)cnc12. The third-order valence-corrected chi connectivity index (χ3v) is 7.95. The molecule has 0 radical (unpaired) electrons. The summed E-state index contributed by atoms with van der Waals surface area (Å²) in [4.78, 5) is 17.5. The Morgan fingerprint density at radius 1 is 1.14 bits per heavy atom. The van der Waals surface area contributed by atoms with Gasteiger partial charge in [0, 0.05) is 35.9 Å². The maximum Gasteiger partial charge on any atom is 0.258 e. The molecule has 0 unspecified atom stereocenters. The Morgan fingerprint density at radius 2 is 1.97 bits per heavy atom. The molecule has 0 atom stereocenters. The number of fused-ring (bicyclic) bond motifs is 1. The quantitative estimate of drug-likeness (QED) is 0.377. The van der Waals surface area contributed by atoms with E-state index in [2.05, 4.69) is 21.7 Å². The number of nitrogens with one attached hydrogen (secondary N) is 2. The second kappa shape index (κ2) is 11.0. The minimum atomic E-state index is -0.586. The van der Waals surface area contributed by atoms with Crippen molar-refractivity contribution in [2.45, 2.75) is 51.6 Å². The number of aromatic nitrogens is 1. The number of nitrogens with zero attached hydrogens (tertiary/aromatic N) is 1. The van der Waals surface area contributed by atoms with Crippen molar-refractivity contribution < 1.29 is 13.9 Å². The van der Waals surface area contributed by atoms with E-state index in [-0.39, 0.29) is 5.56 Å². The number of thioether (sulfide) groups is 1. The first kappa shape index (κ1) is 24.1. The molecule has 2 aliphatic rings. The minimum absolute atomic E-state index is 0.00506. The van der Waals surface area contributed by atoms with Crippen LogP contribution in [0.15, 0.2) is 42.6 Å². The highest BCUT2D eigenvalue weighted by atomic mass is 32.2. The summed E-state index contributed by atoms with van der Waals surface area (Å²) >= 11 is 2.03. The van der Waals surface area contributed by atoms with Crippen molar-refractivity contribution in [3.8, 4) is 5.75 Å². The molecule has 5 rings (SSSR count). The summed E-state index contributed by atoms with van der Waals surface area (Å²) in [6.07, 6.45) is 7.84. The lowest BCUT2D eigenvalue weighted by molar-refractivity contribution is 0.102. The molecular weight excluding hydrogens is 461 g/mol. The lowest BCUT2D eigenvalue weighted by atomic mass is 10.1. The van der Waals surface area contributed by atoms with Crippen LogP contribution in [-0.4, -0.2) is 35.0 Å². The molecule has 3 aromatic rings. The first-order chi connectivity index (χ1) is 17.1. The van der Waals surface area contributed by atoms with Crippen LogP contribution in [0.3, 0.4) is 0 Å². The maximum atomic E-state index is 14.6. The third-order valence-electron chi connectivity index (χ3n) is 6.90. The van der Waals surface area contributed by atoms with Gasteiger partial charge in [0.25, 0.3) is 5.91 Å². The van der Waals surface area contributed by atoms with Gasteiger partial charge < -0.3 is 15.4 Å². The van der Waals surface area contributed by atoms with Crippen LogP contribution < -0.4 is 15.4 Å². The summed E-state index contributed by atoms with van der Waals surface area (Å²) in [6, 6.07) is 11.0. The van der Waals surface area contributed by atoms with Crippen LogP contribution in [0.1, 0.15) is 53.6 Å². The zero-order valence-corrected chi connectivity index (χ0v) is 20.9. The van der Waals surface area contributed by atoms with E-state index in [4.69, 9.17) is 4.74 Å². The predicted molar refractivity (Wildman–Crippen MR) is 141 cm³/mol. The Morgan fingerprint density at radius 3 is 2.74 bits per heavy atom. The smallest absolute Gasteiger partial charge is 0.258 e. The van der Waals surface area contributed by atoms with Gasteiger partial charge in [0.1, 0.15) is 11.6 Å². The monoisotopic (exact) mass is 493 g/mol. The number of rotatable bonds is 9. The highest BCUT2D eigenvalue weighted by Gasteiger charge is 2.21. The molecule has 1 saturated carbocycles. The van der Waals surface area contributed by atoms with E-state index in [9.17, 15) is 9.18 Å². The minimum Gasteiger partial charge on any atom is -0.493 e. The number of carbonyl (C=O) groups is 1. The van der Waals surface area contributed by atoms with E-state index in [1.807, 2.05) is 37.0 Å².